The Morgan fingerprint density at radius 3 is 2.42 bits per heavy atom. The lowest BCUT2D eigenvalue weighted by atomic mass is 10.0. The highest BCUT2D eigenvalue weighted by atomic mass is 16.5. The molecule has 3 rings (SSSR count). The summed E-state index contributed by atoms with van der Waals surface area (Å²) < 4.78 is 10.7. The quantitative estimate of drug-likeness (QED) is 0.460. The molecule has 0 saturated heterocycles. The summed E-state index contributed by atoms with van der Waals surface area (Å²) in [6, 6.07) is 14.5. The fourth-order valence-electron chi connectivity index (χ4n) is 3.19. The first kappa shape index (κ1) is 23.5. The maximum Gasteiger partial charge on any atom is 0.336 e. The normalized spacial score (nSPS) is 11.7. The van der Waals surface area contributed by atoms with Crippen molar-refractivity contribution in [3.8, 4) is 16.9 Å². The summed E-state index contributed by atoms with van der Waals surface area (Å²) in [5.41, 5.74) is 1.37. The molecule has 0 bridgehead atoms. The Morgan fingerprint density at radius 2 is 1.76 bits per heavy atom. The van der Waals surface area contributed by atoms with E-state index in [4.69, 9.17) is 9.15 Å². The van der Waals surface area contributed by atoms with Crippen LogP contribution in [0.5, 0.6) is 5.75 Å². The summed E-state index contributed by atoms with van der Waals surface area (Å²) >= 11 is 0. The molecule has 2 aromatic carbocycles. The Bertz CT molecular complexity index is 1220. The van der Waals surface area contributed by atoms with Crippen LogP contribution in [-0.2, 0) is 14.4 Å². The Hall–Kier alpha value is -4.14. The molecule has 0 radical (unpaired) electrons. The van der Waals surface area contributed by atoms with Gasteiger partial charge in [-0.25, -0.2) is 4.79 Å². The average Bonchev–Trinajstić information content (AvgIpc) is 2.79. The maximum atomic E-state index is 12.0. The van der Waals surface area contributed by atoms with E-state index in [0.29, 0.717) is 22.3 Å². The SMILES string of the molecule is CC(C)[C@H](NC(=O)CNC(=O)COc1ccc2c(-c3ccccc3)cc(=O)oc2c1)C(=O)[O-]. The molecule has 3 aromatic rings. The number of hydrogen-bond donors (Lipinski definition) is 2. The molecule has 9 heteroatoms. The second kappa shape index (κ2) is 10.4. The van der Waals surface area contributed by atoms with E-state index >= 15 is 0 Å². The van der Waals surface area contributed by atoms with Gasteiger partial charge in [-0.1, -0.05) is 44.2 Å². The highest BCUT2D eigenvalue weighted by molar-refractivity contribution is 5.94. The number of rotatable bonds is 9. The molecule has 0 aliphatic heterocycles. The average molecular weight is 451 g/mol. The fourth-order valence-corrected chi connectivity index (χ4v) is 3.19. The molecule has 2 N–H and O–H groups in total. The topological polar surface area (TPSA) is 138 Å². The minimum absolute atomic E-state index is 0.298. The number of carbonyl (C=O) groups excluding carboxylic acids is 3. The number of aliphatic carboxylic acids is 1. The zero-order valence-corrected chi connectivity index (χ0v) is 18.1. The number of carbonyl (C=O) groups is 3. The summed E-state index contributed by atoms with van der Waals surface area (Å²) in [7, 11) is 0. The minimum atomic E-state index is -1.40. The molecule has 1 heterocycles. The van der Waals surface area contributed by atoms with Crippen LogP contribution in [0.3, 0.4) is 0 Å². The molecular weight excluding hydrogens is 428 g/mol. The van der Waals surface area contributed by atoms with E-state index in [0.717, 1.165) is 5.56 Å². The van der Waals surface area contributed by atoms with Gasteiger partial charge in [-0.15, -0.1) is 0 Å². The van der Waals surface area contributed by atoms with Crippen LogP contribution in [0.2, 0.25) is 0 Å². The van der Waals surface area contributed by atoms with Gasteiger partial charge in [-0.3, -0.25) is 9.59 Å². The van der Waals surface area contributed by atoms with Crippen molar-refractivity contribution in [3.63, 3.8) is 0 Å². The van der Waals surface area contributed by atoms with Gasteiger partial charge in [-0.05, 0) is 29.2 Å². The van der Waals surface area contributed by atoms with Gasteiger partial charge in [0.15, 0.2) is 6.61 Å². The lowest BCUT2D eigenvalue weighted by molar-refractivity contribution is -0.309. The fraction of sp³-hybridized carbons (Fsp3) is 0.250. The van der Waals surface area contributed by atoms with E-state index in [-0.39, 0.29) is 5.92 Å². The molecule has 0 unspecified atom stereocenters. The van der Waals surface area contributed by atoms with Crippen LogP contribution in [0.1, 0.15) is 13.8 Å². The summed E-state index contributed by atoms with van der Waals surface area (Å²) in [4.78, 5) is 46.9. The summed E-state index contributed by atoms with van der Waals surface area (Å²) in [6.45, 7) is 2.45. The lowest BCUT2D eigenvalue weighted by Crippen LogP contribution is -2.53. The lowest BCUT2D eigenvalue weighted by Gasteiger charge is -2.23. The van der Waals surface area contributed by atoms with E-state index in [1.54, 1.807) is 26.0 Å². The predicted molar refractivity (Wildman–Crippen MR) is 118 cm³/mol. The first-order valence-electron chi connectivity index (χ1n) is 10.3. The summed E-state index contributed by atoms with van der Waals surface area (Å²) in [5, 5.41) is 16.4. The zero-order chi connectivity index (χ0) is 24.0. The van der Waals surface area contributed by atoms with E-state index in [2.05, 4.69) is 10.6 Å². The summed E-state index contributed by atoms with van der Waals surface area (Å²) in [5.74, 6) is -2.71. The first-order chi connectivity index (χ1) is 15.7. The molecule has 0 aliphatic carbocycles. The Balaban J connectivity index is 1.61. The molecule has 0 spiro atoms. The zero-order valence-electron chi connectivity index (χ0n) is 18.1. The van der Waals surface area contributed by atoms with Crippen LogP contribution >= 0.6 is 0 Å². The van der Waals surface area contributed by atoms with E-state index in [1.165, 1.54) is 12.1 Å². The molecule has 0 fully saturated rings. The van der Waals surface area contributed by atoms with Crippen molar-refractivity contribution >= 4 is 28.8 Å². The molecule has 33 heavy (non-hydrogen) atoms. The van der Waals surface area contributed by atoms with Crippen molar-refractivity contribution in [2.45, 2.75) is 19.9 Å². The second-order valence-electron chi connectivity index (χ2n) is 7.68. The number of ether oxygens (including phenoxy) is 1. The van der Waals surface area contributed by atoms with Gasteiger partial charge < -0.3 is 29.7 Å². The Morgan fingerprint density at radius 1 is 1.03 bits per heavy atom. The van der Waals surface area contributed by atoms with E-state index in [1.807, 2.05) is 30.3 Å². The third-order valence-electron chi connectivity index (χ3n) is 4.85. The van der Waals surface area contributed by atoms with Crippen LogP contribution < -0.4 is 26.1 Å². The van der Waals surface area contributed by atoms with Gasteiger partial charge in [0.05, 0.1) is 18.6 Å². The number of fused-ring (bicyclic) bond motifs is 1. The number of carboxylic acid groups (broad SMARTS) is 1. The van der Waals surface area contributed by atoms with E-state index in [9.17, 15) is 24.3 Å². The van der Waals surface area contributed by atoms with Crippen LogP contribution in [0.25, 0.3) is 22.1 Å². The predicted octanol–water partition coefficient (Wildman–Crippen LogP) is 0.846. The van der Waals surface area contributed by atoms with E-state index < -0.39 is 42.6 Å². The van der Waals surface area contributed by atoms with Crippen LogP contribution in [0.15, 0.2) is 63.8 Å². The summed E-state index contributed by atoms with van der Waals surface area (Å²) in [6.07, 6.45) is 0. The molecule has 9 nitrogen and oxygen atoms in total. The highest BCUT2D eigenvalue weighted by Crippen LogP contribution is 2.29. The van der Waals surface area contributed by atoms with Crippen LogP contribution in [-0.4, -0.2) is 37.0 Å². The van der Waals surface area contributed by atoms with Crippen molar-refractivity contribution in [2.24, 2.45) is 5.92 Å². The van der Waals surface area contributed by atoms with Gasteiger partial charge in [0.25, 0.3) is 5.91 Å². The van der Waals surface area contributed by atoms with Crippen LogP contribution in [0.4, 0.5) is 0 Å². The Labute approximate surface area is 189 Å². The molecular formula is C24H23N2O7-. The van der Waals surface area contributed by atoms with Gasteiger partial charge in [0, 0.05) is 17.5 Å². The molecule has 1 atom stereocenters. The third kappa shape index (κ3) is 6.19. The largest absolute Gasteiger partial charge is 0.548 e. The number of amides is 2. The third-order valence-corrected chi connectivity index (χ3v) is 4.85. The number of nitrogens with one attached hydrogen (secondary N) is 2. The minimum Gasteiger partial charge on any atom is -0.548 e. The molecule has 0 saturated carbocycles. The molecule has 2 amide bonds. The van der Waals surface area contributed by atoms with Gasteiger partial charge in [-0.2, -0.15) is 0 Å². The monoisotopic (exact) mass is 451 g/mol. The van der Waals surface area contributed by atoms with Crippen molar-refractivity contribution in [1.82, 2.24) is 10.6 Å². The second-order valence-corrected chi connectivity index (χ2v) is 7.68. The molecule has 1 aromatic heterocycles. The van der Waals surface area contributed by atoms with Crippen LogP contribution in [0, 0.1) is 5.92 Å². The van der Waals surface area contributed by atoms with Gasteiger partial charge >= 0.3 is 5.63 Å². The highest BCUT2D eigenvalue weighted by Gasteiger charge is 2.17. The first-order valence-corrected chi connectivity index (χ1v) is 10.3. The number of carboxylic acids is 1. The standard InChI is InChI=1S/C24H24N2O7/c1-14(2)23(24(30)31)26-20(27)12-25-21(28)13-32-16-8-9-17-18(15-6-4-3-5-7-15)11-22(29)33-19(17)10-16/h3-11,14,23H,12-13H2,1-2H3,(H,25,28)(H,26,27)(H,30,31)/p-1/t23-/m0/s1. The maximum absolute atomic E-state index is 12.0. The van der Waals surface area contributed by atoms with Gasteiger partial charge in [0.2, 0.25) is 5.91 Å². The van der Waals surface area contributed by atoms with Crippen molar-refractivity contribution < 1.29 is 28.6 Å². The number of benzene rings is 2. The smallest absolute Gasteiger partial charge is 0.336 e. The Kier molecular flexibility index (Phi) is 7.45. The van der Waals surface area contributed by atoms with Crippen molar-refractivity contribution in [2.75, 3.05) is 13.2 Å². The molecule has 172 valence electrons. The molecule has 0 aliphatic rings. The van der Waals surface area contributed by atoms with Crippen molar-refractivity contribution in [3.05, 3.63) is 65.0 Å². The number of hydrogen-bond acceptors (Lipinski definition) is 7. The van der Waals surface area contributed by atoms with Crippen molar-refractivity contribution in [1.29, 1.82) is 0 Å². The van der Waals surface area contributed by atoms with Gasteiger partial charge in [0.1, 0.15) is 11.3 Å².